The van der Waals surface area contributed by atoms with Gasteiger partial charge in [-0.05, 0) is 55.6 Å². The molecular weight excluding hydrogens is 528 g/mol. The van der Waals surface area contributed by atoms with Crippen molar-refractivity contribution in [1.82, 2.24) is 9.80 Å². The molecule has 2 N–H and O–H groups in total. The van der Waals surface area contributed by atoms with Crippen LogP contribution in [-0.4, -0.2) is 96.6 Å². The number of rotatable bonds is 11. The van der Waals surface area contributed by atoms with E-state index in [1.807, 2.05) is 54.6 Å². The summed E-state index contributed by atoms with van der Waals surface area (Å²) >= 11 is 0. The van der Waals surface area contributed by atoms with Crippen LogP contribution in [0.25, 0.3) is 11.1 Å². The number of aliphatic hydroxyl groups excluding tert-OH is 1. The van der Waals surface area contributed by atoms with Gasteiger partial charge in [0.15, 0.2) is 0 Å². The predicted octanol–water partition coefficient (Wildman–Crippen LogP) is 4.13. The van der Waals surface area contributed by atoms with Crippen molar-refractivity contribution in [3.63, 3.8) is 0 Å². The number of amides is 3. The Hall–Kier alpha value is -3.85. The first-order valence-electron chi connectivity index (χ1n) is 14.8. The van der Waals surface area contributed by atoms with Crippen molar-refractivity contribution >= 4 is 23.4 Å². The Balaban J connectivity index is 1.10. The number of para-hydroxylation sites is 1. The molecule has 3 aromatic rings. The Morgan fingerprint density at radius 2 is 1.45 bits per heavy atom. The van der Waals surface area contributed by atoms with E-state index in [2.05, 4.69) is 24.3 Å². The van der Waals surface area contributed by atoms with Crippen LogP contribution in [0.2, 0.25) is 0 Å². The summed E-state index contributed by atoms with van der Waals surface area (Å²) < 4.78 is 0.571. The van der Waals surface area contributed by atoms with Crippen LogP contribution in [0.5, 0.6) is 0 Å². The van der Waals surface area contributed by atoms with Crippen LogP contribution in [0, 0.1) is 5.92 Å². The molecule has 1 saturated heterocycles. The lowest BCUT2D eigenvalue weighted by Crippen LogP contribution is -2.56. The molecule has 3 aromatic carbocycles. The first-order valence-corrected chi connectivity index (χ1v) is 14.8. The Labute approximate surface area is 248 Å². The molecule has 0 aromatic heterocycles. The van der Waals surface area contributed by atoms with Crippen molar-refractivity contribution in [2.45, 2.75) is 25.3 Å². The number of hydrogen-bond donors (Lipinski definition) is 2. The van der Waals surface area contributed by atoms with Crippen LogP contribution in [0.4, 0.5) is 5.69 Å². The Bertz CT molecular complexity index is 1380. The summed E-state index contributed by atoms with van der Waals surface area (Å²) in [4.78, 5) is 42.2. The molecule has 8 nitrogen and oxygen atoms in total. The van der Waals surface area contributed by atoms with Crippen molar-refractivity contribution in [1.29, 1.82) is 0 Å². The van der Waals surface area contributed by atoms with E-state index in [0.717, 1.165) is 42.7 Å². The molecule has 42 heavy (non-hydrogen) atoms. The van der Waals surface area contributed by atoms with Crippen molar-refractivity contribution < 1.29 is 24.0 Å². The van der Waals surface area contributed by atoms with Gasteiger partial charge in [0.05, 0.1) is 57.5 Å². The van der Waals surface area contributed by atoms with Gasteiger partial charge >= 0.3 is 0 Å². The predicted molar refractivity (Wildman–Crippen MR) is 164 cm³/mol. The highest BCUT2D eigenvalue weighted by atomic mass is 16.3. The van der Waals surface area contributed by atoms with Crippen molar-refractivity contribution in [3.05, 3.63) is 90.0 Å². The van der Waals surface area contributed by atoms with E-state index in [1.165, 1.54) is 4.90 Å². The standard InChI is InChI=1S/C34H40N4O4/c1-38(2,21-20-37-33(41)29-13-6-7-14-30(29)34(37)42)23-27(24-39)36-18-16-25(17-19-36)22-32(40)35-31-15-9-8-12-28(31)26-10-4-3-5-11-26/h3-15,25,27,39H,16-24H2,1-2H3/p+1. The molecular formula is C34H41N4O4+. The van der Waals surface area contributed by atoms with Gasteiger partial charge in [-0.3, -0.25) is 24.2 Å². The van der Waals surface area contributed by atoms with Gasteiger partial charge in [0.2, 0.25) is 5.91 Å². The Morgan fingerprint density at radius 3 is 2.07 bits per heavy atom. The number of likely N-dealkylation sites (N-methyl/N-ethyl adjacent to an activating group) is 1. The number of carbonyl (C=O) groups is 3. The molecule has 1 unspecified atom stereocenters. The summed E-state index contributed by atoms with van der Waals surface area (Å²) in [5.74, 6) is -0.143. The lowest BCUT2D eigenvalue weighted by molar-refractivity contribution is -0.891. The molecule has 0 aliphatic carbocycles. The molecule has 0 radical (unpaired) electrons. The van der Waals surface area contributed by atoms with E-state index in [4.69, 9.17) is 0 Å². The lowest BCUT2D eigenvalue weighted by atomic mass is 9.92. The van der Waals surface area contributed by atoms with E-state index in [0.29, 0.717) is 47.6 Å². The molecule has 5 rings (SSSR count). The first kappa shape index (κ1) is 29.6. The van der Waals surface area contributed by atoms with E-state index >= 15 is 0 Å². The molecule has 2 heterocycles. The first-order chi connectivity index (χ1) is 20.3. The second kappa shape index (κ2) is 13.0. The van der Waals surface area contributed by atoms with Crippen LogP contribution in [-0.2, 0) is 4.79 Å². The number of piperidine rings is 1. The topological polar surface area (TPSA) is 90.0 Å². The van der Waals surface area contributed by atoms with Crippen LogP contribution in [0.3, 0.4) is 0 Å². The Kier molecular flexibility index (Phi) is 9.16. The van der Waals surface area contributed by atoms with Crippen molar-refractivity contribution in [2.24, 2.45) is 5.92 Å². The quantitative estimate of drug-likeness (QED) is 0.268. The van der Waals surface area contributed by atoms with Crippen molar-refractivity contribution in [3.8, 4) is 11.1 Å². The second-order valence-electron chi connectivity index (χ2n) is 12.1. The zero-order valence-corrected chi connectivity index (χ0v) is 24.5. The number of imide groups is 1. The summed E-state index contributed by atoms with van der Waals surface area (Å²) in [7, 11) is 4.15. The number of fused-ring (bicyclic) bond motifs is 1. The molecule has 0 bridgehead atoms. The molecule has 0 spiro atoms. The fourth-order valence-corrected chi connectivity index (χ4v) is 6.21. The number of quaternary nitrogens is 1. The minimum atomic E-state index is -0.232. The highest BCUT2D eigenvalue weighted by Crippen LogP contribution is 2.29. The molecule has 2 aliphatic heterocycles. The molecule has 3 amide bonds. The highest BCUT2D eigenvalue weighted by molar-refractivity contribution is 6.21. The molecule has 2 aliphatic rings. The van der Waals surface area contributed by atoms with Gasteiger partial charge in [0.25, 0.3) is 11.8 Å². The molecule has 0 saturated carbocycles. The molecule has 8 heteroatoms. The number of nitrogens with zero attached hydrogens (tertiary/aromatic N) is 3. The van der Waals surface area contributed by atoms with Crippen LogP contribution in [0.15, 0.2) is 78.9 Å². The molecule has 1 atom stereocenters. The summed E-state index contributed by atoms with van der Waals surface area (Å²) in [5, 5.41) is 13.4. The van der Waals surface area contributed by atoms with Crippen LogP contribution < -0.4 is 5.32 Å². The zero-order valence-electron chi connectivity index (χ0n) is 24.5. The van der Waals surface area contributed by atoms with Crippen LogP contribution in [0.1, 0.15) is 40.0 Å². The summed E-state index contributed by atoms with van der Waals surface area (Å²) in [6, 6.07) is 24.9. The van der Waals surface area contributed by atoms with Crippen molar-refractivity contribution in [2.75, 3.05) is 58.7 Å². The maximum absolute atomic E-state index is 13.0. The summed E-state index contributed by atoms with van der Waals surface area (Å²) in [5.41, 5.74) is 3.85. The molecule has 220 valence electrons. The second-order valence-corrected chi connectivity index (χ2v) is 12.1. The minimum Gasteiger partial charge on any atom is -0.395 e. The molecule has 1 fully saturated rings. The highest BCUT2D eigenvalue weighted by Gasteiger charge is 2.37. The average Bonchev–Trinajstić information content (AvgIpc) is 3.25. The zero-order chi connectivity index (χ0) is 29.7. The number of anilines is 1. The third-order valence-electron chi connectivity index (χ3n) is 8.65. The van der Waals surface area contributed by atoms with E-state index in [-0.39, 0.29) is 30.4 Å². The summed E-state index contributed by atoms with van der Waals surface area (Å²) in [6.45, 7) is 3.31. The van der Waals surface area contributed by atoms with Gasteiger partial charge < -0.3 is 14.9 Å². The fourth-order valence-electron chi connectivity index (χ4n) is 6.21. The van der Waals surface area contributed by atoms with Gasteiger partial charge in [0.1, 0.15) is 0 Å². The smallest absolute Gasteiger partial charge is 0.261 e. The van der Waals surface area contributed by atoms with Gasteiger partial charge in [0, 0.05) is 17.7 Å². The number of nitrogens with one attached hydrogen (secondary N) is 1. The van der Waals surface area contributed by atoms with Gasteiger partial charge in [-0.15, -0.1) is 0 Å². The lowest BCUT2D eigenvalue weighted by Gasteiger charge is -2.41. The minimum absolute atomic E-state index is 0.0292. The Morgan fingerprint density at radius 1 is 0.881 bits per heavy atom. The number of likely N-dealkylation sites (tertiary alicyclic amines) is 1. The normalized spacial score (nSPS) is 16.9. The van der Waals surface area contributed by atoms with E-state index in [1.54, 1.807) is 24.3 Å². The number of benzene rings is 3. The van der Waals surface area contributed by atoms with Gasteiger partial charge in [-0.1, -0.05) is 60.7 Å². The van der Waals surface area contributed by atoms with Gasteiger partial charge in [-0.25, -0.2) is 0 Å². The third-order valence-corrected chi connectivity index (χ3v) is 8.65. The number of hydrogen-bond acceptors (Lipinski definition) is 5. The maximum Gasteiger partial charge on any atom is 0.261 e. The summed E-state index contributed by atoms with van der Waals surface area (Å²) in [6.07, 6.45) is 2.27. The maximum atomic E-state index is 13.0. The largest absolute Gasteiger partial charge is 0.395 e. The van der Waals surface area contributed by atoms with E-state index < -0.39 is 0 Å². The van der Waals surface area contributed by atoms with Crippen LogP contribution >= 0.6 is 0 Å². The van der Waals surface area contributed by atoms with Gasteiger partial charge in [-0.2, -0.15) is 0 Å². The average molecular weight is 570 g/mol. The fraction of sp³-hybridized carbons (Fsp3) is 0.382. The SMILES string of the molecule is C[N+](C)(CCN1C(=O)c2ccccc2C1=O)CC(CO)N1CCC(CC(=O)Nc2ccccc2-c2ccccc2)CC1. The number of carbonyl (C=O) groups excluding carboxylic acids is 3. The number of aliphatic hydroxyl groups is 1. The monoisotopic (exact) mass is 569 g/mol. The van der Waals surface area contributed by atoms with E-state index in [9.17, 15) is 19.5 Å². The third kappa shape index (κ3) is 6.78.